The van der Waals surface area contributed by atoms with Crippen LogP contribution in [0.1, 0.15) is 19.5 Å². The SMILES string of the molecule is CC(C)NC(=O)Cc1cn2ccccc2n1. The van der Waals surface area contributed by atoms with Crippen LogP contribution in [0.15, 0.2) is 30.6 Å². The highest BCUT2D eigenvalue weighted by Crippen LogP contribution is 2.04. The van der Waals surface area contributed by atoms with Gasteiger partial charge in [0.05, 0.1) is 12.1 Å². The minimum atomic E-state index is 0.0124. The monoisotopic (exact) mass is 217 g/mol. The van der Waals surface area contributed by atoms with E-state index in [-0.39, 0.29) is 11.9 Å². The second-order valence-electron chi connectivity index (χ2n) is 4.10. The van der Waals surface area contributed by atoms with Crippen LogP contribution in [0.25, 0.3) is 5.65 Å². The summed E-state index contributed by atoms with van der Waals surface area (Å²) in [4.78, 5) is 15.9. The molecule has 16 heavy (non-hydrogen) atoms. The molecule has 1 N–H and O–H groups in total. The van der Waals surface area contributed by atoms with Gasteiger partial charge in [-0.2, -0.15) is 0 Å². The van der Waals surface area contributed by atoms with E-state index < -0.39 is 0 Å². The van der Waals surface area contributed by atoms with Gasteiger partial charge in [0.2, 0.25) is 5.91 Å². The van der Waals surface area contributed by atoms with Crippen LogP contribution >= 0.6 is 0 Å². The third-order valence-electron chi connectivity index (χ3n) is 2.21. The van der Waals surface area contributed by atoms with Crippen LogP contribution < -0.4 is 5.32 Å². The number of hydrogen-bond acceptors (Lipinski definition) is 2. The normalized spacial score (nSPS) is 10.9. The van der Waals surface area contributed by atoms with Crippen molar-refractivity contribution in [1.82, 2.24) is 14.7 Å². The molecule has 0 spiro atoms. The Kier molecular flexibility index (Phi) is 2.90. The lowest BCUT2D eigenvalue weighted by atomic mass is 10.3. The highest BCUT2D eigenvalue weighted by Gasteiger charge is 2.07. The highest BCUT2D eigenvalue weighted by molar-refractivity contribution is 5.78. The third kappa shape index (κ3) is 2.39. The number of aromatic nitrogens is 2. The maximum Gasteiger partial charge on any atom is 0.226 e. The molecule has 0 unspecified atom stereocenters. The van der Waals surface area contributed by atoms with E-state index in [1.54, 1.807) is 0 Å². The molecule has 0 atom stereocenters. The Morgan fingerprint density at radius 2 is 2.31 bits per heavy atom. The molecule has 2 aromatic heterocycles. The van der Waals surface area contributed by atoms with E-state index in [2.05, 4.69) is 10.3 Å². The summed E-state index contributed by atoms with van der Waals surface area (Å²) in [6, 6.07) is 5.96. The molecule has 0 saturated heterocycles. The molecule has 0 aliphatic heterocycles. The van der Waals surface area contributed by atoms with Gasteiger partial charge in [-0.3, -0.25) is 4.79 Å². The van der Waals surface area contributed by atoms with E-state index in [0.717, 1.165) is 11.3 Å². The molecule has 0 aromatic carbocycles. The molecule has 2 aromatic rings. The van der Waals surface area contributed by atoms with Crippen molar-refractivity contribution in [2.75, 3.05) is 0 Å². The van der Waals surface area contributed by atoms with Gasteiger partial charge in [0.25, 0.3) is 0 Å². The molecule has 0 saturated carbocycles. The average Bonchev–Trinajstić information content (AvgIpc) is 2.57. The maximum absolute atomic E-state index is 11.5. The Morgan fingerprint density at radius 1 is 1.50 bits per heavy atom. The predicted octanol–water partition coefficient (Wildman–Crippen LogP) is 1.40. The molecule has 4 nitrogen and oxygen atoms in total. The van der Waals surface area contributed by atoms with Crippen LogP contribution in [0.3, 0.4) is 0 Å². The Labute approximate surface area is 94.3 Å². The first-order valence-corrected chi connectivity index (χ1v) is 5.37. The summed E-state index contributed by atoms with van der Waals surface area (Å²) in [6.45, 7) is 3.89. The Balaban J connectivity index is 2.12. The molecule has 2 heterocycles. The van der Waals surface area contributed by atoms with Gasteiger partial charge in [0.15, 0.2) is 0 Å². The first-order valence-electron chi connectivity index (χ1n) is 5.37. The van der Waals surface area contributed by atoms with Crippen molar-refractivity contribution in [3.8, 4) is 0 Å². The summed E-state index contributed by atoms with van der Waals surface area (Å²) in [7, 11) is 0. The minimum absolute atomic E-state index is 0.0124. The van der Waals surface area contributed by atoms with E-state index >= 15 is 0 Å². The smallest absolute Gasteiger partial charge is 0.226 e. The highest BCUT2D eigenvalue weighted by atomic mass is 16.1. The molecular formula is C12H15N3O. The van der Waals surface area contributed by atoms with Crippen LogP contribution in [-0.2, 0) is 11.2 Å². The molecule has 1 amide bonds. The lowest BCUT2D eigenvalue weighted by molar-refractivity contribution is -0.120. The fraction of sp³-hybridized carbons (Fsp3) is 0.333. The van der Waals surface area contributed by atoms with E-state index in [1.165, 1.54) is 0 Å². The summed E-state index contributed by atoms with van der Waals surface area (Å²) >= 11 is 0. The molecule has 0 bridgehead atoms. The fourth-order valence-electron chi connectivity index (χ4n) is 1.61. The van der Waals surface area contributed by atoms with Crippen molar-refractivity contribution in [2.24, 2.45) is 0 Å². The fourth-order valence-corrected chi connectivity index (χ4v) is 1.61. The van der Waals surface area contributed by atoms with Gasteiger partial charge in [-0.1, -0.05) is 6.07 Å². The Hall–Kier alpha value is -1.84. The molecule has 84 valence electrons. The van der Waals surface area contributed by atoms with Gasteiger partial charge in [-0.05, 0) is 26.0 Å². The molecule has 0 aliphatic carbocycles. The molecule has 2 rings (SSSR count). The van der Waals surface area contributed by atoms with Crippen LogP contribution in [-0.4, -0.2) is 21.3 Å². The first kappa shape index (κ1) is 10.7. The summed E-state index contributed by atoms with van der Waals surface area (Å²) in [5.74, 6) is 0.0124. The maximum atomic E-state index is 11.5. The zero-order chi connectivity index (χ0) is 11.5. The molecule has 0 radical (unpaired) electrons. The number of nitrogens with one attached hydrogen (secondary N) is 1. The zero-order valence-corrected chi connectivity index (χ0v) is 9.47. The van der Waals surface area contributed by atoms with Gasteiger partial charge in [-0.15, -0.1) is 0 Å². The quantitative estimate of drug-likeness (QED) is 0.844. The van der Waals surface area contributed by atoms with E-state index in [9.17, 15) is 4.79 Å². The van der Waals surface area contributed by atoms with Gasteiger partial charge in [-0.25, -0.2) is 4.98 Å². The third-order valence-corrected chi connectivity index (χ3v) is 2.21. The topological polar surface area (TPSA) is 46.4 Å². The van der Waals surface area contributed by atoms with Crippen LogP contribution in [0.2, 0.25) is 0 Å². The number of imidazole rings is 1. The zero-order valence-electron chi connectivity index (χ0n) is 9.47. The number of nitrogens with zero attached hydrogens (tertiary/aromatic N) is 2. The standard InChI is InChI=1S/C12H15N3O/c1-9(2)13-12(16)7-10-8-15-6-4-3-5-11(15)14-10/h3-6,8-9H,7H2,1-2H3,(H,13,16). The van der Waals surface area contributed by atoms with Gasteiger partial charge >= 0.3 is 0 Å². The van der Waals surface area contributed by atoms with Gasteiger partial charge in [0, 0.05) is 18.4 Å². The van der Waals surface area contributed by atoms with Crippen LogP contribution in [0.5, 0.6) is 0 Å². The lowest BCUT2D eigenvalue weighted by Crippen LogP contribution is -2.31. The second kappa shape index (κ2) is 4.35. The number of pyridine rings is 1. The number of fused-ring (bicyclic) bond motifs is 1. The summed E-state index contributed by atoms with van der Waals surface area (Å²) in [6.07, 6.45) is 4.14. The van der Waals surface area contributed by atoms with Crippen molar-refractivity contribution >= 4 is 11.6 Å². The van der Waals surface area contributed by atoms with Gasteiger partial charge < -0.3 is 9.72 Å². The predicted molar refractivity (Wildman–Crippen MR) is 62.2 cm³/mol. The van der Waals surface area contributed by atoms with Gasteiger partial charge in [0.1, 0.15) is 5.65 Å². The van der Waals surface area contributed by atoms with E-state index in [4.69, 9.17) is 0 Å². The number of carbonyl (C=O) groups excluding carboxylic acids is 1. The van der Waals surface area contributed by atoms with E-state index in [0.29, 0.717) is 6.42 Å². The summed E-state index contributed by atoms with van der Waals surface area (Å²) < 4.78 is 1.91. The second-order valence-corrected chi connectivity index (χ2v) is 4.10. The van der Waals surface area contributed by atoms with Crippen molar-refractivity contribution in [2.45, 2.75) is 26.3 Å². The van der Waals surface area contributed by atoms with Crippen molar-refractivity contribution in [1.29, 1.82) is 0 Å². The van der Waals surface area contributed by atoms with Crippen molar-refractivity contribution < 1.29 is 4.79 Å². The number of rotatable bonds is 3. The first-order chi connectivity index (χ1) is 7.65. The average molecular weight is 217 g/mol. The summed E-state index contributed by atoms with van der Waals surface area (Å²) in [5, 5.41) is 2.85. The molecule has 4 heteroatoms. The van der Waals surface area contributed by atoms with Crippen LogP contribution in [0.4, 0.5) is 0 Å². The van der Waals surface area contributed by atoms with Crippen LogP contribution in [0, 0.1) is 0 Å². The van der Waals surface area contributed by atoms with Crippen molar-refractivity contribution in [3.05, 3.63) is 36.3 Å². The number of amides is 1. The minimum Gasteiger partial charge on any atom is -0.354 e. The number of carbonyl (C=O) groups is 1. The lowest BCUT2D eigenvalue weighted by Gasteiger charge is -2.06. The molecule has 0 aliphatic rings. The Bertz CT molecular complexity index is 469. The molecular weight excluding hydrogens is 202 g/mol. The van der Waals surface area contributed by atoms with Crippen molar-refractivity contribution in [3.63, 3.8) is 0 Å². The van der Waals surface area contributed by atoms with E-state index in [1.807, 2.05) is 48.8 Å². The Morgan fingerprint density at radius 3 is 3.00 bits per heavy atom. The summed E-state index contributed by atoms with van der Waals surface area (Å²) in [5.41, 5.74) is 1.67. The largest absolute Gasteiger partial charge is 0.354 e. The number of hydrogen-bond donors (Lipinski definition) is 1. The molecule has 0 fully saturated rings.